The fourth-order valence-corrected chi connectivity index (χ4v) is 28.2. The van der Waals surface area contributed by atoms with E-state index in [9.17, 15) is 0 Å². The Morgan fingerprint density at radius 1 is 0.769 bits per heavy atom. The van der Waals surface area contributed by atoms with E-state index < -0.39 is 25.5 Å². The third kappa shape index (κ3) is 6.23. The summed E-state index contributed by atoms with van der Waals surface area (Å²) in [5.74, 6) is 0.740. The van der Waals surface area contributed by atoms with E-state index in [0.717, 1.165) is 12.0 Å². The summed E-state index contributed by atoms with van der Waals surface area (Å²) in [4.78, 5) is 0. The van der Waals surface area contributed by atoms with Gasteiger partial charge in [0.25, 0.3) is 0 Å². The zero-order valence-corrected chi connectivity index (χ0v) is 23.0. The molecule has 1 N–H and O–H groups in total. The molecule has 2 aliphatic carbocycles. The van der Waals surface area contributed by atoms with E-state index in [1.165, 1.54) is 70.6 Å². The van der Waals surface area contributed by atoms with Crippen molar-refractivity contribution in [1.82, 2.24) is 3.54 Å². The first kappa shape index (κ1) is 22.7. The fraction of sp³-hybridized carbons (Fsp3) is 0.826. The molecule has 0 aromatic rings. The normalized spacial score (nSPS) is 26.2. The topological polar surface area (TPSA) is 12.0 Å². The Morgan fingerprint density at radius 2 is 1.23 bits per heavy atom. The number of nitrogens with one attached hydrogen (secondary N) is 1. The van der Waals surface area contributed by atoms with Gasteiger partial charge in [-0.1, -0.05) is 0 Å². The second kappa shape index (κ2) is 11.5. The summed E-state index contributed by atoms with van der Waals surface area (Å²) in [6.07, 6.45) is 15.5. The van der Waals surface area contributed by atoms with Crippen LogP contribution in [0.4, 0.5) is 0 Å². The molecule has 1 saturated carbocycles. The molecule has 3 heteroatoms. The van der Waals surface area contributed by atoms with Gasteiger partial charge in [-0.05, 0) is 0 Å². The molecule has 0 saturated heterocycles. The zero-order chi connectivity index (χ0) is 19.1. The van der Waals surface area contributed by atoms with E-state index >= 15 is 0 Å². The number of allylic oxidation sites excluding steroid dienone is 4. The molecule has 1 fully saturated rings. The van der Waals surface area contributed by atoms with Gasteiger partial charge in [0, 0.05) is 0 Å². The van der Waals surface area contributed by atoms with Gasteiger partial charge in [0.2, 0.25) is 0 Å². The molecule has 2 atom stereocenters. The SMILES string of the molecule is CC1=C(C)C(C)[C]([SnH]([NH]C2CCCCCCCCCCC2)[SiH](C)C)=C1C. The molecule has 0 aromatic carbocycles. The van der Waals surface area contributed by atoms with Crippen molar-refractivity contribution in [2.24, 2.45) is 5.92 Å². The molecular formula is C23H45NSiSn. The molecule has 0 bridgehead atoms. The molecule has 0 aliphatic heterocycles. The molecule has 0 amide bonds. The van der Waals surface area contributed by atoms with Gasteiger partial charge in [0.05, 0.1) is 0 Å². The van der Waals surface area contributed by atoms with Crippen LogP contribution in [0.15, 0.2) is 20.3 Å². The summed E-state index contributed by atoms with van der Waals surface area (Å²) in [6, 6.07) is 0.832. The third-order valence-electron chi connectivity index (χ3n) is 7.23. The average Bonchev–Trinajstić information content (AvgIpc) is 2.78. The van der Waals surface area contributed by atoms with Crippen molar-refractivity contribution < 1.29 is 0 Å². The minimum atomic E-state index is -1.83. The first-order valence-electron chi connectivity index (χ1n) is 11.6. The predicted molar refractivity (Wildman–Crippen MR) is 124 cm³/mol. The Kier molecular flexibility index (Phi) is 10.0. The molecular weight excluding hydrogens is 437 g/mol. The van der Waals surface area contributed by atoms with Crippen LogP contribution < -0.4 is 3.54 Å². The van der Waals surface area contributed by atoms with Crippen molar-refractivity contribution in [2.75, 3.05) is 0 Å². The number of hydrogen-bond donors (Lipinski definition) is 1. The summed E-state index contributed by atoms with van der Waals surface area (Å²) in [5, 5.41) is 0. The van der Waals surface area contributed by atoms with Crippen LogP contribution in [0, 0.1) is 5.92 Å². The van der Waals surface area contributed by atoms with E-state index in [1.807, 2.05) is 3.59 Å². The van der Waals surface area contributed by atoms with Crippen molar-refractivity contribution in [3.05, 3.63) is 20.3 Å². The van der Waals surface area contributed by atoms with Gasteiger partial charge in [0.1, 0.15) is 0 Å². The van der Waals surface area contributed by atoms with Gasteiger partial charge in [-0.3, -0.25) is 0 Å². The zero-order valence-electron chi connectivity index (χ0n) is 18.6. The van der Waals surface area contributed by atoms with Gasteiger partial charge in [-0.25, -0.2) is 0 Å². The van der Waals surface area contributed by atoms with Crippen molar-refractivity contribution in [3.8, 4) is 0 Å². The monoisotopic (exact) mass is 483 g/mol. The van der Waals surface area contributed by atoms with E-state index in [1.54, 1.807) is 16.7 Å². The second-order valence-electron chi connectivity index (χ2n) is 9.45. The Labute approximate surface area is 172 Å². The van der Waals surface area contributed by atoms with Gasteiger partial charge in [0.15, 0.2) is 0 Å². The van der Waals surface area contributed by atoms with Gasteiger partial charge in [-0.15, -0.1) is 0 Å². The molecule has 2 rings (SSSR count). The fourth-order valence-electron chi connectivity index (χ4n) is 5.12. The van der Waals surface area contributed by atoms with Crippen LogP contribution in [-0.4, -0.2) is 31.6 Å². The number of rotatable bonds is 4. The summed E-state index contributed by atoms with van der Waals surface area (Å²) in [6.45, 7) is 15.0. The molecule has 0 aromatic heterocycles. The first-order valence-corrected chi connectivity index (χ1v) is 23.6. The Hall–Kier alpha value is 0.456. The molecule has 2 aliphatic rings. The second-order valence-corrected chi connectivity index (χ2v) is 33.3. The van der Waals surface area contributed by atoms with Crippen LogP contribution in [0.1, 0.15) is 98.3 Å². The van der Waals surface area contributed by atoms with Crippen molar-refractivity contribution in [3.63, 3.8) is 0 Å². The quantitative estimate of drug-likeness (QED) is 0.459. The molecule has 0 heterocycles. The van der Waals surface area contributed by atoms with Gasteiger partial charge < -0.3 is 0 Å². The third-order valence-corrected chi connectivity index (χ3v) is 30.6. The van der Waals surface area contributed by atoms with Crippen molar-refractivity contribution >= 4 is 25.5 Å². The van der Waals surface area contributed by atoms with Gasteiger partial charge in [-0.2, -0.15) is 0 Å². The predicted octanol–water partition coefficient (Wildman–Crippen LogP) is 6.38. The van der Waals surface area contributed by atoms with Crippen molar-refractivity contribution in [2.45, 2.75) is 117 Å². The summed E-state index contributed by atoms with van der Waals surface area (Å²) in [7, 11) is 0. The van der Waals surface area contributed by atoms with Crippen LogP contribution in [-0.2, 0) is 0 Å². The maximum atomic E-state index is 4.44. The van der Waals surface area contributed by atoms with Crippen LogP contribution in [0.25, 0.3) is 0 Å². The molecule has 150 valence electrons. The molecule has 0 spiro atoms. The average molecular weight is 482 g/mol. The molecule has 1 nitrogen and oxygen atoms in total. The molecule has 26 heavy (non-hydrogen) atoms. The Morgan fingerprint density at radius 3 is 1.62 bits per heavy atom. The standard InChI is InChI=1S/C12H24N.C9H13.C2H7Si.Sn.H/c13-12-10-8-6-4-2-1-3-5-7-9-11-12;1-6-5-7(2)9(4)8(6)3;1-3-2;;/h12-13H,1-11H2;6H,1-4H3;3H,1-2H3;;/q-1;;;+1;. The minimum absolute atomic E-state index is 0.589. The Bertz CT molecular complexity index is 496. The van der Waals surface area contributed by atoms with E-state index in [-0.39, 0.29) is 0 Å². The number of hydrogen-bond acceptors (Lipinski definition) is 1. The van der Waals surface area contributed by atoms with Crippen LogP contribution in [0.2, 0.25) is 13.1 Å². The first-order chi connectivity index (χ1) is 12.4. The maximum absolute atomic E-state index is 4.44. The summed E-state index contributed by atoms with van der Waals surface area (Å²) < 4.78 is 6.39. The summed E-state index contributed by atoms with van der Waals surface area (Å²) in [5.41, 5.74) is 4.97. The van der Waals surface area contributed by atoms with Crippen molar-refractivity contribution in [1.29, 1.82) is 0 Å². The van der Waals surface area contributed by atoms with E-state index in [2.05, 4.69) is 44.3 Å². The van der Waals surface area contributed by atoms with Crippen LogP contribution in [0.5, 0.6) is 0 Å². The van der Waals surface area contributed by atoms with E-state index in [0.29, 0.717) is 0 Å². The molecule has 2 unspecified atom stereocenters. The van der Waals surface area contributed by atoms with Gasteiger partial charge >= 0.3 is 173 Å². The van der Waals surface area contributed by atoms with Crippen LogP contribution in [0.3, 0.4) is 0 Å². The van der Waals surface area contributed by atoms with E-state index in [4.69, 9.17) is 0 Å². The summed E-state index contributed by atoms with van der Waals surface area (Å²) >= 11 is -1.83. The Balaban J connectivity index is 2.07. The van der Waals surface area contributed by atoms with Crippen LogP contribution >= 0.6 is 0 Å². The molecule has 0 radical (unpaired) electrons.